The first kappa shape index (κ1) is 28.2. The Morgan fingerprint density at radius 3 is 2.35 bits per heavy atom. The van der Waals surface area contributed by atoms with E-state index >= 15 is 4.39 Å². The van der Waals surface area contributed by atoms with Crippen LogP contribution in [0.5, 0.6) is 5.75 Å². The molecular weight excluding hydrogens is 548 g/mol. The van der Waals surface area contributed by atoms with Crippen LogP contribution in [0.3, 0.4) is 0 Å². The number of fused-ring (bicyclic) bond motifs is 3. The molecule has 12 heteroatoms. The maximum atomic E-state index is 15.4. The van der Waals surface area contributed by atoms with E-state index in [1.54, 1.807) is 13.8 Å². The Bertz CT molecular complexity index is 1380. The topological polar surface area (TPSA) is 113 Å². The predicted octanol–water partition coefficient (Wildman–Crippen LogP) is 4.02. The maximum absolute atomic E-state index is 15.4. The molecule has 0 saturated carbocycles. The molecule has 1 fully saturated rings. The van der Waals surface area contributed by atoms with Gasteiger partial charge in [-0.3, -0.25) is 0 Å². The van der Waals surface area contributed by atoms with E-state index in [1.807, 2.05) is 0 Å². The molecule has 2 aromatic rings. The summed E-state index contributed by atoms with van der Waals surface area (Å²) in [6.45, 7) is 3.07. The van der Waals surface area contributed by atoms with Crippen molar-refractivity contribution in [1.29, 1.82) is 0 Å². The Kier molecular flexibility index (Phi) is 7.68. The second-order valence-electron chi connectivity index (χ2n) is 10.3. The van der Waals surface area contributed by atoms with Gasteiger partial charge in [-0.05, 0) is 69.5 Å². The van der Waals surface area contributed by atoms with Crippen molar-refractivity contribution in [2.45, 2.75) is 54.4 Å². The molecule has 2 heterocycles. The number of hydrogen-bond donors (Lipinski definition) is 1. The van der Waals surface area contributed by atoms with E-state index in [0.29, 0.717) is 5.02 Å². The van der Waals surface area contributed by atoms with Crippen molar-refractivity contribution in [2.24, 2.45) is 11.7 Å². The molecule has 0 spiro atoms. The molecule has 2 aliphatic heterocycles. The van der Waals surface area contributed by atoms with E-state index in [9.17, 15) is 21.2 Å². The molecule has 37 heavy (non-hydrogen) atoms. The molecule has 0 radical (unpaired) electrons. The fourth-order valence-corrected chi connectivity index (χ4v) is 9.25. The monoisotopic (exact) mass is 577 g/mol. The van der Waals surface area contributed by atoms with E-state index in [1.165, 1.54) is 24.3 Å². The summed E-state index contributed by atoms with van der Waals surface area (Å²) < 4.78 is 93.7. The Labute approximate surface area is 221 Å². The van der Waals surface area contributed by atoms with Crippen molar-refractivity contribution in [3.8, 4) is 5.75 Å². The van der Waals surface area contributed by atoms with Gasteiger partial charge in [-0.15, -0.1) is 0 Å². The van der Waals surface area contributed by atoms with Crippen LogP contribution in [0.25, 0.3) is 0 Å². The van der Waals surface area contributed by atoms with E-state index < -0.39 is 59.4 Å². The van der Waals surface area contributed by atoms with Crippen LogP contribution in [0.15, 0.2) is 41.3 Å². The highest BCUT2D eigenvalue weighted by molar-refractivity contribution is 7.92. The van der Waals surface area contributed by atoms with Crippen molar-refractivity contribution in [2.75, 3.05) is 24.7 Å². The maximum Gasteiger partial charge on any atom is 0.189 e. The van der Waals surface area contributed by atoms with Crippen molar-refractivity contribution < 1.29 is 35.1 Å². The van der Waals surface area contributed by atoms with Crippen LogP contribution >= 0.6 is 11.6 Å². The average Bonchev–Trinajstić information content (AvgIpc) is 2.83. The molecule has 204 valence electrons. The number of benzene rings is 2. The van der Waals surface area contributed by atoms with Crippen LogP contribution in [0.4, 0.5) is 8.78 Å². The molecule has 0 aliphatic carbocycles. The van der Waals surface area contributed by atoms with Gasteiger partial charge in [0.1, 0.15) is 20.4 Å². The minimum atomic E-state index is -4.36. The Balaban J connectivity index is 1.78. The van der Waals surface area contributed by atoms with Crippen molar-refractivity contribution >= 4 is 31.3 Å². The van der Waals surface area contributed by atoms with Gasteiger partial charge >= 0.3 is 0 Å². The Morgan fingerprint density at radius 1 is 1.05 bits per heavy atom. The first-order valence-electron chi connectivity index (χ1n) is 11.9. The fraction of sp³-hybridized carbons (Fsp3) is 0.520. The Morgan fingerprint density at radius 2 is 1.70 bits per heavy atom. The summed E-state index contributed by atoms with van der Waals surface area (Å²) in [5.74, 6) is -3.66. The smallest absolute Gasteiger partial charge is 0.189 e. The lowest BCUT2D eigenvalue weighted by molar-refractivity contribution is -0.0732. The van der Waals surface area contributed by atoms with Gasteiger partial charge in [-0.25, -0.2) is 25.6 Å². The van der Waals surface area contributed by atoms with Gasteiger partial charge in [0.25, 0.3) is 0 Å². The molecule has 7 nitrogen and oxygen atoms in total. The van der Waals surface area contributed by atoms with Crippen LogP contribution in [-0.4, -0.2) is 53.2 Å². The summed E-state index contributed by atoms with van der Waals surface area (Å²) >= 11 is 5.96. The van der Waals surface area contributed by atoms with E-state index in [4.69, 9.17) is 26.8 Å². The third-order valence-corrected chi connectivity index (χ3v) is 11.6. The normalized spacial score (nSPS) is 24.2. The molecule has 0 aromatic heterocycles. The quantitative estimate of drug-likeness (QED) is 0.504. The summed E-state index contributed by atoms with van der Waals surface area (Å²) in [7, 11) is -7.90. The lowest BCUT2D eigenvalue weighted by Gasteiger charge is -2.50. The standard InChI is InChI=1S/C25H30ClF2NO6S2/c1-24(2,29)11-14-36(30,31)13-9-21-18-15-35-23-20(28)8-7-19(27)22(23)25(18,10-12-34-21)37(32,33)17-5-3-16(26)4-6-17/h3-8,18,21H,9-15,29H2,1-2H3/t18-,21-,25-/m0/s1. The predicted molar refractivity (Wildman–Crippen MR) is 136 cm³/mol. The second-order valence-corrected chi connectivity index (χ2v) is 15.3. The number of halogens is 3. The van der Waals surface area contributed by atoms with Crippen LogP contribution in [0, 0.1) is 17.6 Å². The number of rotatable bonds is 8. The second kappa shape index (κ2) is 10.1. The zero-order chi connectivity index (χ0) is 27.2. The summed E-state index contributed by atoms with van der Waals surface area (Å²) in [6, 6.07) is 7.22. The van der Waals surface area contributed by atoms with Crippen molar-refractivity contribution in [3.63, 3.8) is 0 Å². The number of sulfone groups is 2. The molecule has 4 rings (SSSR count). The highest BCUT2D eigenvalue weighted by atomic mass is 35.5. The first-order valence-corrected chi connectivity index (χ1v) is 15.6. The average molecular weight is 578 g/mol. The summed E-state index contributed by atoms with van der Waals surface area (Å²) in [4.78, 5) is -0.114. The summed E-state index contributed by atoms with van der Waals surface area (Å²) in [5.41, 5.74) is 4.87. The SMILES string of the molecule is CC(C)(N)CCS(=O)(=O)CC[C@@H]1OCC[C@@]2(S(=O)(=O)c3ccc(Cl)cc3)c3c(F)ccc(F)c3OC[C@@H]12. The lowest BCUT2D eigenvalue weighted by Crippen LogP contribution is -2.57. The zero-order valence-corrected chi connectivity index (χ0v) is 22.9. The highest BCUT2D eigenvalue weighted by Crippen LogP contribution is 2.55. The van der Waals surface area contributed by atoms with Crippen molar-refractivity contribution in [3.05, 3.63) is 58.6 Å². The number of nitrogens with two attached hydrogens (primary N) is 1. The van der Waals surface area contributed by atoms with Gasteiger partial charge in [0.15, 0.2) is 21.4 Å². The molecule has 2 aliphatic rings. The van der Waals surface area contributed by atoms with Gasteiger partial charge in [-0.1, -0.05) is 11.6 Å². The number of hydrogen-bond acceptors (Lipinski definition) is 7. The lowest BCUT2D eigenvalue weighted by atomic mass is 9.75. The van der Waals surface area contributed by atoms with Gasteiger partial charge in [0, 0.05) is 23.1 Å². The molecule has 3 atom stereocenters. The van der Waals surface area contributed by atoms with Gasteiger partial charge < -0.3 is 15.2 Å². The molecule has 2 aromatic carbocycles. The van der Waals surface area contributed by atoms with Gasteiger partial charge in [0.05, 0.1) is 34.7 Å². The van der Waals surface area contributed by atoms with Crippen LogP contribution in [0.1, 0.15) is 38.7 Å². The molecule has 0 amide bonds. The minimum absolute atomic E-state index is 0.0362. The highest BCUT2D eigenvalue weighted by Gasteiger charge is 2.61. The molecule has 0 bridgehead atoms. The van der Waals surface area contributed by atoms with Crippen LogP contribution in [-0.2, 0) is 29.2 Å². The third-order valence-electron chi connectivity index (χ3n) is 7.12. The van der Waals surface area contributed by atoms with Crippen LogP contribution in [0.2, 0.25) is 5.02 Å². The summed E-state index contributed by atoms with van der Waals surface area (Å²) in [5, 5.41) is 0.313. The van der Waals surface area contributed by atoms with Gasteiger partial charge in [-0.2, -0.15) is 0 Å². The summed E-state index contributed by atoms with van der Waals surface area (Å²) in [6.07, 6.45) is -0.845. The van der Waals surface area contributed by atoms with E-state index in [0.717, 1.165) is 12.1 Å². The third kappa shape index (κ3) is 5.38. The van der Waals surface area contributed by atoms with Gasteiger partial charge in [0.2, 0.25) is 0 Å². The molecular formula is C25H30ClF2NO6S2. The van der Waals surface area contributed by atoms with E-state index in [2.05, 4.69) is 0 Å². The zero-order valence-electron chi connectivity index (χ0n) is 20.5. The van der Waals surface area contributed by atoms with Crippen LogP contribution < -0.4 is 10.5 Å². The number of ether oxygens (including phenoxy) is 2. The van der Waals surface area contributed by atoms with Crippen molar-refractivity contribution in [1.82, 2.24) is 0 Å². The largest absolute Gasteiger partial charge is 0.490 e. The minimum Gasteiger partial charge on any atom is -0.490 e. The molecule has 2 N–H and O–H groups in total. The molecule has 0 unspecified atom stereocenters. The first-order chi connectivity index (χ1) is 17.2. The fourth-order valence-electron chi connectivity index (χ4n) is 5.15. The Hall–Kier alpha value is -1.79. The molecule has 1 saturated heterocycles. The van der Waals surface area contributed by atoms with E-state index in [-0.39, 0.29) is 54.4 Å².